The van der Waals surface area contributed by atoms with Crippen LogP contribution in [0.4, 0.5) is 0 Å². The van der Waals surface area contributed by atoms with Gasteiger partial charge in [0.2, 0.25) is 11.8 Å². The van der Waals surface area contributed by atoms with Crippen molar-refractivity contribution in [3.8, 4) is 11.5 Å². The van der Waals surface area contributed by atoms with Gasteiger partial charge in [0, 0.05) is 0 Å². The predicted octanol–water partition coefficient (Wildman–Crippen LogP) is 1.63. The highest BCUT2D eigenvalue weighted by Crippen LogP contribution is 2.56. The Morgan fingerprint density at radius 1 is 1.04 bits per heavy atom. The van der Waals surface area contributed by atoms with Crippen molar-refractivity contribution in [2.45, 2.75) is 19.3 Å². The summed E-state index contributed by atoms with van der Waals surface area (Å²) in [4.78, 5) is 38.3. The third-order valence-corrected chi connectivity index (χ3v) is 5.60. The van der Waals surface area contributed by atoms with Crippen molar-refractivity contribution in [2.24, 2.45) is 23.7 Å². The molecule has 1 aromatic rings. The second kappa shape index (κ2) is 5.61. The molecule has 3 fully saturated rings. The molecule has 6 heteroatoms. The van der Waals surface area contributed by atoms with E-state index in [1.165, 1.54) is 0 Å². The van der Waals surface area contributed by atoms with Gasteiger partial charge in [-0.1, -0.05) is 0 Å². The molecule has 0 N–H and O–H groups in total. The second-order valence-electron chi connectivity index (χ2n) is 6.80. The minimum Gasteiger partial charge on any atom is -0.497 e. The molecule has 6 nitrogen and oxygen atoms in total. The number of hydrogen-bond acceptors (Lipinski definition) is 5. The molecule has 0 spiro atoms. The van der Waals surface area contributed by atoms with Crippen molar-refractivity contribution in [2.75, 3.05) is 13.7 Å². The fourth-order valence-corrected chi connectivity index (χ4v) is 4.56. The van der Waals surface area contributed by atoms with Crippen LogP contribution in [0.15, 0.2) is 24.3 Å². The highest BCUT2D eigenvalue weighted by Gasteiger charge is 2.61. The monoisotopic (exact) mass is 329 g/mol. The molecule has 2 aliphatic carbocycles. The van der Waals surface area contributed by atoms with Crippen LogP contribution in [0.5, 0.6) is 11.5 Å². The second-order valence-corrected chi connectivity index (χ2v) is 6.80. The summed E-state index contributed by atoms with van der Waals surface area (Å²) >= 11 is 0. The van der Waals surface area contributed by atoms with Crippen molar-refractivity contribution in [3.63, 3.8) is 0 Å². The van der Waals surface area contributed by atoms with E-state index in [2.05, 4.69) is 0 Å². The molecule has 2 bridgehead atoms. The number of nitrogens with zero attached hydrogens (tertiary/aromatic N) is 1. The quantitative estimate of drug-likeness (QED) is 0.477. The van der Waals surface area contributed by atoms with E-state index < -0.39 is 5.97 Å². The minimum atomic E-state index is -0.603. The maximum absolute atomic E-state index is 12.5. The van der Waals surface area contributed by atoms with Crippen molar-refractivity contribution in [1.82, 2.24) is 4.90 Å². The van der Waals surface area contributed by atoms with E-state index in [0.29, 0.717) is 23.3 Å². The van der Waals surface area contributed by atoms with Crippen LogP contribution in [0.1, 0.15) is 19.3 Å². The molecule has 3 aliphatic rings. The average Bonchev–Trinajstić information content (AvgIpc) is 3.25. The first kappa shape index (κ1) is 15.2. The number of methoxy groups -OCH3 is 1. The number of ether oxygens (including phenoxy) is 2. The van der Waals surface area contributed by atoms with E-state index in [-0.39, 0.29) is 30.2 Å². The predicted molar refractivity (Wildman–Crippen MR) is 83.2 cm³/mol. The number of rotatable bonds is 4. The van der Waals surface area contributed by atoms with Gasteiger partial charge < -0.3 is 9.47 Å². The third-order valence-electron chi connectivity index (χ3n) is 5.60. The van der Waals surface area contributed by atoms with Crippen LogP contribution < -0.4 is 9.47 Å². The lowest BCUT2D eigenvalue weighted by Gasteiger charge is -2.19. The normalized spacial score (nSPS) is 30.6. The first-order chi connectivity index (χ1) is 11.6. The highest BCUT2D eigenvalue weighted by molar-refractivity contribution is 6.07. The Morgan fingerprint density at radius 2 is 1.58 bits per heavy atom. The maximum atomic E-state index is 12.5. The van der Waals surface area contributed by atoms with Crippen molar-refractivity contribution in [1.29, 1.82) is 0 Å². The fraction of sp³-hybridized carbons (Fsp3) is 0.500. The minimum absolute atomic E-state index is 0.191. The summed E-state index contributed by atoms with van der Waals surface area (Å²) in [6.07, 6.45) is 3.03. The van der Waals surface area contributed by atoms with Gasteiger partial charge in [0.1, 0.15) is 18.0 Å². The van der Waals surface area contributed by atoms with Gasteiger partial charge in [-0.15, -0.1) is 0 Å². The lowest BCUT2D eigenvalue weighted by molar-refractivity contribution is -0.148. The van der Waals surface area contributed by atoms with E-state index in [9.17, 15) is 14.4 Å². The van der Waals surface area contributed by atoms with Crippen LogP contribution in [0.3, 0.4) is 0 Å². The molecule has 126 valence electrons. The summed E-state index contributed by atoms with van der Waals surface area (Å²) < 4.78 is 10.3. The molecule has 1 saturated heterocycles. The number of benzene rings is 1. The summed E-state index contributed by atoms with van der Waals surface area (Å²) in [6, 6.07) is 6.58. The van der Waals surface area contributed by atoms with Gasteiger partial charge in [-0.25, -0.2) is 4.79 Å². The van der Waals surface area contributed by atoms with Crippen molar-refractivity contribution >= 4 is 17.8 Å². The summed E-state index contributed by atoms with van der Waals surface area (Å²) in [5.74, 6) is 0.262. The van der Waals surface area contributed by atoms with Crippen LogP contribution in [0.25, 0.3) is 0 Å². The highest BCUT2D eigenvalue weighted by atomic mass is 16.5. The van der Waals surface area contributed by atoms with Crippen molar-refractivity contribution in [3.05, 3.63) is 24.3 Å². The number of fused-ring (bicyclic) bond motifs is 5. The number of carbonyl (C=O) groups is 3. The van der Waals surface area contributed by atoms with E-state index in [1.54, 1.807) is 31.4 Å². The Morgan fingerprint density at radius 3 is 2.12 bits per heavy atom. The number of esters is 1. The Kier molecular flexibility index (Phi) is 3.55. The van der Waals surface area contributed by atoms with Crippen LogP contribution in [0.2, 0.25) is 0 Å². The Labute approximate surface area is 139 Å². The first-order valence-electron chi connectivity index (χ1n) is 8.28. The van der Waals surface area contributed by atoms with Gasteiger partial charge in [-0.3, -0.25) is 14.5 Å². The van der Waals surface area contributed by atoms with Crippen LogP contribution in [-0.2, 0) is 14.4 Å². The molecule has 4 atom stereocenters. The standard InChI is InChI=1S/C18H19NO5/c1-23-12-4-6-13(7-5-12)24-14(20)9-19-17(21)15-10-2-3-11(8-10)16(15)18(19)22/h4-7,10-11,15-16H,2-3,8-9H2,1H3/t10-,11+,15-,16+. The van der Waals surface area contributed by atoms with E-state index in [0.717, 1.165) is 24.2 Å². The molecule has 1 aliphatic heterocycles. The lowest BCUT2D eigenvalue weighted by Crippen LogP contribution is -2.38. The van der Waals surface area contributed by atoms with Crippen LogP contribution >= 0.6 is 0 Å². The topological polar surface area (TPSA) is 72.9 Å². The van der Waals surface area contributed by atoms with E-state index >= 15 is 0 Å². The van der Waals surface area contributed by atoms with E-state index in [1.807, 2.05) is 0 Å². The molecule has 0 unspecified atom stereocenters. The Bertz CT molecular complexity index is 670. The van der Waals surface area contributed by atoms with Gasteiger partial charge in [0.05, 0.1) is 18.9 Å². The van der Waals surface area contributed by atoms with E-state index in [4.69, 9.17) is 9.47 Å². The van der Waals surface area contributed by atoms with Gasteiger partial charge in [0.25, 0.3) is 0 Å². The molecular weight excluding hydrogens is 310 g/mol. The van der Waals surface area contributed by atoms with Crippen LogP contribution in [0, 0.1) is 23.7 Å². The number of imide groups is 1. The molecule has 24 heavy (non-hydrogen) atoms. The van der Waals surface area contributed by atoms with Gasteiger partial charge in [-0.05, 0) is 55.4 Å². The number of likely N-dealkylation sites (tertiary alicyclic amines) is 1. The summed E-state index contributed by atoms with van der Waals surface area (Å²) in [5.41, 5.74) is 0. The zero-order valence-electron chi connectivity index (χ0n) is 13.4. The van der Waals surface area contributed by atoms with Gasteiger partial charge in [-0.2, -0.15) is 0 Å². The average molecular weight is 329 g/mol. The number of carbonyl (C=O) groups excluding carboxylic acids is 3. The molecule has 2 amide bonds. The smallest absolute Gasteiger partial charge is 0.331 e. The lowest BCUT2D eigenvalue weighted by atomic mass is 9.81. The molecule has 0 aromatic heterocycles. The Balaban J connectivity index is 1.42. The molecule has 2 saturated carbocycles. The fourth-order valence-electron chi connectivity index (χ4n) is 4.56. The van der Waals surface area contributed by atoms with Gasteiger partial charge in [0.15, 0.2) is 0 Å². The first-order valence-corrected chi connectivity index (χ1v) is 8.28. The zero-order valence-corrected chi connectivity index (χ0v) is 13.4. The summed E-state index contributed by atoms with van der Waals surface area (Å²) in [7, 11) is 1.55. The summed E-state index contributed by atoms with van der Waals surface area (Å²) in [5, 5.41) is 0. The maximum Gasteiger partial charge on any atom is 0.331 e. The molecular formula is C18H19NO5. The van der Waals surface area contributed by atoms with Crippen molar-refractivity contribution < 1.29 is 23.9 Å². The number of amides is 2. The van der Waals surface area contributed by atoms with Crippen LogP contribution in [-0.4, -0.2) is 36.3 Å². The Hall–Kier alpha value is -2.37. The van der Waals surface area contributed by atoms with Gasteiger partial charge >= 0.3 is 5.97 Å². The third kappa shape index (κ3) is 2.28. The molecule has 1 heterocycles. The summed E-state index contributed by atoms with van der Waals surface area (Å²) in [6.45, 7) is -0.309. The molecule has 0 radical (unpaired) electrons. The molecule has 4 rings (SSSR count). The number of hydrogen-bond donors (Lipinski definition) is 0. The largest absolute Gasteiger partial charge is 0.497 e. The zero-order chi connectivity index (χ0) is 16.8. The molecule has 1 aromatic carbocycles. The SMILES string of the molecule is COc1ccc(OC(=O)CN2C(=O)[C@@H]3[C@@H]4CC[C@@H](C4)[C@@H]3C2=O)cc1.